The Balaban J connectivity index is 0.000000433. The Morgan fingerprint density at radius 1 is 1.38 bits per heavy atom. The largest absolute Gasteiger partial charge is 0.481 e. The van der Waals surface area contributed by atoms with Gasteiger partial charge in [-0.3, -0.25) is 9.79 Å². The number of nitrogens with zero attached hydrogens (tertiary/aromatic N) is 1. The molecular weight excluding hydrogens is 274 g/mol. The number of guanidine groups is 1. The molecule has 0 amide bonds. The van der Waals surface area contributed by atoms with Gasteiger partial charge in [0, 0.05) is 12.1 Å². The van der Waals surface area contributed by atoms with Crippen molar-refractivity contribution in [3.63, 3.8) is 0 Å². The van der Waals surface area contributed by atoms with Gasteiger partial charge in [0.15, 0.2) is 5.96 Å². The molecular formula is C14H23N3O4. The smallest absolute Gasteiger partial charge is 0.331 e. The summed E-state index contributed by atoms with van der Waals surface area (Å²) in [4.78, 5) is 25.1. The van der Waals surface area contributed by atoms with Crippen LogP contribution in [0.3, 0.4) is 0 Å². The zero-order valence-electron chi connectivity index (χ0n) is 12.4. The van der Waals surface area contributed by atoms with Crippen molar-refractivity contribution in [2.45, 2.75) is 33.1 Å². The van der Waals surface area contributed by atoms with Gasteiger partial charge < -0.3 is 21.7 Å². The number of hydrogen-bond acceptors (Lipinski definition) is 3. The van der Waals surface area contributed by atoms with Gasteiger partial charge in [0.25, 0.3) is 0 Å². The highest BCUT2D eigenvalue weighted by Crippen LogP contribution is 2.31. The molecule has 0 fully saturated rings. The van der Waals surface area contributed by atoms with Crippen molar-refractivity contribution in [1.82, 2.24) is 0 Å². The molecule has 1 unspecified atom stereocenters. The first-order chi connectivity index (χ1) is 9.73. The predicted octanol–water partition coefficient (Wildman–Crippen LogP) is 1.11. The van der Waals surface area contributed by atoms with Crippen molar-refractivity contribution >= 4 is 17.9 Å². The summed E-state index contributed by atoms with van der Waals surface area (Å²) in [6.07, 6.45) is 6.64. The number of aliphatic carboxylic acids is 2. The van der Waals surface area contributed by atoms with E-state index in [1.165, 1.54) is 25.2 Å². The number of carbonyl (C=O) groups is 2. The monoisotopic (exact) mass is 297 g/mol. The van der Waals surface area contributed by atoms with Gasteiger partial charge in [0.2, 0.25) is 0 Å². The van der Waals surface area contributed by atoms with Crippen molar-refractivity contribution in [2.75, 3.05) is 6.54 Å². The minimum atomic E-state index is -1.08. The summed E-state index contributed by atoms with van der Waals surface area (Å²) in [5, 5.41) is 17.5. The minimum absolute atomic E-state index is 0.0359. The molecule has 0 heterocycles. The average Bonchev–Trinajstić information content (AvgIpc) is 2.39. The molecule has 1 atom stereocenters. The Hall–Kier alpha value is -2.31. The number of carboxylic acid groups (broad SMARTS) is 2. The molecule has 0 bridgehead atoms. The molecule has 0 aromatic heterocycles. The second-order valence-electron chi connectivity index (χ2n) is 4.92. The van der Waals surface area contributed by atoms with E-state index >= 15 is 0 Å². The molecule has 118 valence electrons. The van der Waals surface area contributed by atoms with E-state index in [1.807, 2.05) is 0 Å². The molecule has 1 rings (SSSR count). The highest BCUT2D eigenvalue weighted by atomic mass is 16.4. The molecule has 1 aliphatic carbocycles. The van der Waals surface area contributed by atoms with Crippen molar-refractivity contribution in [3.8, 4) is 0 Å². The Morgan fingerprint density at radius 3 is 2.43 bits per heavy atom. The zero-order chi connectivity index (χ0) is 16.5. The molecule has 7 heteroatoms. The van der Waals surface area contributed by atoms with Crippen molar-refractivity contribution in [2.24, 2.45) is 21.9 Å². The topological polar surface area (TPSA) is 139 Å². The lowest BCUT2D eigenvalue weighted by Crippen LogP contribution is -2.28. The Bertz CT molecular complexity index is 465. The van der Waals surface area contributed by atoms with Crippen LogP contribution in [0, 0.1) is 5.41 Å². The summed E-state index contributed by atoms with van der Waals surface area (Å²) in [5.41, 5.74) is 9.17. The number of allylic oxidation sites excluding steroid dienone is 2. The molecule has 0 spiro atoms. The summed E-state index contributed by atoms with van der Waals surface area (Å²) < 4.78 is 0. The van der Waals surface area contributed by atoms with Gasteiger partial charge in [0.1, 0.15) is 0 Å². The Kier molecular flexibility index (Phi) is 7.81. The van der Waals surface area contributed by atoms with Gasteiger partial charge in [-0.1, -0.05) is 31.6 Å². The lowest BCUT2D eigenvalue weighted by atomic mass is 9.80. The molecule has 6 N–H and O–H groups in total. The van der Waals surface area contributed by atoms with E-state index in [4.69, 9.17) is 21.7 Å². The van der Waals surface area contributed by atoms with E-state index in [-0.39, 0.29) is 18.0 Å². The van der Waals surface area contributed by atoms with Gasteiger partial charge in [-0.25, -0.2) is 4.79 Å². The van der Waals surface area contributed by atoms with Gasteiger partial charge in [0.05, 0.1) is 5.41 Å². The zero-order valence-corrected chi connectivity index (χ0v) is 12.4. The van der Waals surface area contributed by atoms with E-state index in [0.717, 1.165) is 19.4 Å². The fraction of sp³-hybridized carbons (Fsp3) is 0.500. The molecule has 0 saturated carbocycles. The maximum Gasteiger partial charge on any atom is 0.331 e. The van der Waals surface area contributed by atoms with Crippen LogP contribution in [0.15, 0.2) is 28.8 Å². The molecule has 7 nitrogen and oxygen atoms in total. The van der Waals surface area contributed by atoms with Crippen LogP contribution in [0.4, 0.5) is 0 Å². The molecule has 0 radical (unpaired) electrons. The van der Waals surface area contributed by atoms with Crippen LogP contribution in [0.2, 0.25) is 0 Å². The number of rotatable bonds is 5. The van der Waals surface area contributed by atoms with Gasteiger partial charge in [-0.05, 0) is 19.8 Å². The number of aliphatic imine (C=N–C) groups is 1. The Morgan fingerprint density at radius 2 is 2.00 bits per heavy atom. The minimum Gasteiger partial charge on any atom is -0.481 e. The number of nitrogens with two attached hydrogens (primary N) is 2. The van der Waals surface area contributed by atoms with Gasteiger partial charge >= 0.3 is 11.9 Å². The van der Waals surface area contributed by atoms with E-state index in [0.29, 0.717) is 0 Å². The van der Waals surface area contributed by atoms with Crippen LogP contribution in [-0.2, 0) is 9.59 Å². The molecule has 0 aromatic rings. The normalized spacial score (nSPS) is 19.8. The first kappa shape index (κ1) is 18.7. The maximum absolute atomic E-state index is 10.8. The summed E-state index contributed by atoms with van der Waals surface area (Å²) in [7, 11) is 0. The number of carboxylic acids is 2. The quantitative estimate of drug-likeness (QED) is 0.340. The highest BCUT2D eigenvalue weighted by Gasteiger charge is 2.34. The summed E-state index contributed by atoms with van der Waals surface area (Å²) in [6, 6.07) is 0. The van der Waals surface area contributed by atoms with Crippen molar-refractivity contribution < 1.29 is 19.8 Å². The van der Waals surface area contributed by atoms with Crippen molar-refractivity contribution in [1.29, 1.82) is 0 Å². The third-order valence-corrected chi connectivity index (χ3v) is 2.89. The molecule has 21 heavy (non-hydrogen) atoms. The Labute approximate surface area is 124 Å². The first-order valence-corrected chi connectivity index (χ1v) is 6.63. The average molecular weight is 297 g/mol. The third kappa shape index (κ3) is 7.14. The lowest BCUT2D eigenvalue weighted by Gasteiger charge is -2.23. The lowest BCUT2D eigenvalue weighted by molar-refractivity contribution is -0.145. The molecule has 0 aromatic carbocycles. The second-order valence-corrected chi connectivity index (χ2v) is 4.92. The van der Waals surface area contributed by atoms with Gasteiger partial charge in [-0.15, -0.1) is 0 Å². The predicted molar refractivity (Wildman–Crippen MR) is 80.8 cm³/mol. The summed E-state index contributed by atoms with van der Waals surface area (Å²) in [6.45, 7) is 4.36. The van der Waals surface area contributed by atoms with Crippen LogP contribution in [-0.4, -0.2) is 34.7 Å². The summed E-state index contributed by atoms with van der Waals surface area (Å²) in [5.74, 6) is -1.87. The van der Waals surface area contributed by atoms with E-state index < -0.39 is 17.4 Å². The SMILES string of the molecule is CC1(C(=O)O)C=CC=C(C(=O)O)C1.CCCCN=C(N)N. The van der Waals surface area contributed by atoms with Crippen LogP contribution in [0.1, 0.15) is 33.1 Å². The van der Waals surface area contributed by atoms with E-state index in [2.05, 4.69) is 11.9 Å². The number of unbranched alkanes of at least 4 members (excludes halogenated alkanes) is 1. The van der Waals surface area contributed by atoms with Crippen LogP contribution >= 0.6 is 0 Å². The van der Waals surface area contributed by atoms with Crippen LogP contribution < -0.4 is 11.5 Å². The van der Waals surface area contributed by atoms with Crippen molar-refractivity contribution in [3.05, 3.63) is 23.8 Å². The first-order valence-electron chi connectivity index (χ1n) is 6.63. The van der Waals surface area contributed by atoms with Crippen LogP contribution in [0.5, 0.6) is 0 Å². The molecule has 0 saturated heterocycles. The maximum atomic E-state index is 10.8. The standard InChI is InChI=1S/C9H10O4.C5H13N3/c1-9(8(12)13)4-2-3-6(5-9)7(10)11;1-2-3-4-8-5(6)7/h2-4H,5H2,1H3,(H,10,11)(H,12,13);2-4H2,1H3,(H4,6,7,8). The molecule has 0 aliphatic heterocycles. The van der Waals surface area contributed by atoms with Gasteiger partial charge in [-0.2, -0.15) is 0 Å². The molecule has 1 aliphatic rings. The van der Waals surface area contributed by atoms with Crippen LogP contribution in [0.25, 0.3) is 0 Å². The van der Waals surface area contributed by atoms with E-state index in [1.54, 1.807) is 0 Å². The fourth-order valence-electron chi connectivity index (χ4n) is 1.55. The number of hydrogen-bond donors (Lipinski definition) is 4. The third-order valence-electron chi connectivity index (χ3n) is 2.89. The van der Waals surface area contributed by atoms with E-state index in [9.17, 15) is 9.59 Å². The highest BCUT2D eigenvalue weighted by molar-refractivity contribution is 5.90. The summed E-state index contributed by atoms with van der Waals surface area (Å²) >= 11 is 0. The second kappa shape index (κ2) is 8.78. The fourth-order valence-corrected chi connectivity index (χ4v) is 1.55.